The van der Waals surface area contributed by atoms with Crippen LogP contribution in [0.5, 0.6) is 0 Å². The SMILES string of the molecule is CCCCOCCCCCCCCOCC. The van der Waals surface area contributed by atoms with Gasteiger partial charge >= 0.3 is 0 Å². The van der Waals surface area contributed by atoms with Crippen molar-refractivity contribution in [2.24, 2.45) is 0 Å². The molecule has 0 radical (unpaired) electrons. The van der Waals surface area contributed by atoms with Gasteiger partial charge in [-0.3, -0.25) is 0 Å². The van der Waals surface area contributed by atoms with E-state index in [0.717, 1.165) is 26.4 Å². The highest BCUT2D eigenvalue weighted by molar-refractivity contribution is 4.45. The summed E-state index contributed by atoms with van der Waals surface area (Å²) in [6.07, 6.45) is 10.2. The normalized spacial score (nSPS) is 10.9. The molecule has 0 aliphatic rings. The summed E-state index contributed by atoms with van der Waals surface area (Å²) in [6.45, 7) is 7.96. The number of unbranched alkanes of at least 4 members (excludes halogenated alkanes) is 6. The Kier molecular flexibility index (Phi) is 14.8. The van der Waals surface area contributed by atoms with Crippen LogP contribution in [0.1, 0.15) is 65.2 Å². The minimum absolute atomic E-state index is 0.856. The first-order valence-electron chi connectivity index (χ1n) is 7.07. The van der Waals surface area contributed by atoms with Crippen LogP contribution in [0.4, 0.5) is 0 Å². The summed E-state index contributed by atoms with van der Waals surface area (Å²) in [5.74, 6) is 0. The Labute approximate surface area is 102 Å². The second kappa shape index (κ2) is 14.9. The molecule has 0 N–H and O–H groups in total. The Bertz CT molecular complexity index is 101. The molecule has 16 heavy (non-hydrogen) atoms. The van der Waals surface area contributed by atoms with Gasteiger partial charge in [0.1, 0.15) is 0 Å². The first kappa shape index (κ1) is 15.9. The molecule has 0 heterocycles. The number of hydrogen-bond acceptors (Lipinski definition) is 2. The van der Waals surface area contributed by atoms with Gasteiger partial charge in [-0.15, -0.1) is 0 Å². The largest absolute Gasteiger partial charge is 0.382 e. The van der Waals surface area contributed by atoms with Crippen molar-refractivity contribution < 1.29 is 9.47 Å². The molecule has 0 saturated heterocycles. The van der Waals surface area contributed by atoms with E-state index in [1.165, 1.54) is 51.4 Å². The first-order valence-corrected chi connectivity index (χ1v) is 7.07. The van der Waals surface area contributed by atoms with Gasteiger partial charge in [0, 0.05) is 26.4 Å². The molecule has 0 aliphatic carbocycles. The van der Waals surface area contributed by atoms with Crippen LogP contribution in [0, 0.1) is 0 Å². The van der Waals surface area contributed by atoms with E-state index in [9.17, 15) is 0 Å². The predicted octanol–water partition coefficient (Wildman–Crippen LogP) is 4.18. The van der Waals surface area contributed by atoms with Crippen LogP contribution in [-0.2, 0) is 9.47 Å². The van der Waals surface area contributed by atoms with Crippen LogP contribution in [0.15, 0.2) is 0 Å². The second-order valence-corrected chi connectivity index (χ2v) is 4.28. The molecule has 0 fully saturated rings. The molecular formula is C14H30O2. The summed E-state index contributed by atoms with van der Waals surface area (Å²) in [5.41, 5.74) is 0. The summed E-state index contributed by atoms with van der Waals surface area (Å²) >= 11 is 0. The quantitative estimate of drug-likeness (QED) is 0.442. The molecule has 0 aliphatic heterocycles. The third-order valence-corrected chi connectivity index (χ3v) is 2.67. The van der Waals surface area contributed by atoms with Gasteiger partial charge in [0.2, 0.25) is 0 Å². The van der Waals surface area contributed by atoms with Crippen LogP contribution < -0.4 is 0 Å². The average molecular weight is 230 g/mol. The summed E-state index contributed by atoms with van der Waals surface area (Å²) < 4.78 is 10.8. The van der Waals surface area contributed by atoms with Crippen molar-refractivity contribution in [1.29, 1.82) is 0 Å². The van der Waals surface area contributed by atoms with E-state index in [-0.39, 0.29) is 0 Å². The maximum Gasteiger partial charge on any atom is 0.0466 e. The van der Waals surface area contributed by atoms with Gasteiger partial charge in [0.05, 0.1) is 0 Å². The van der Waals surface area contributed by atoms with Crippen molar-refractivity contribution in [3.8, 4) is 0 Å². The lowest BCUT2D eigenvalue weighted by Gasteiger charge is -2.04. The van der Waals surface area contributed by atoms with E-state index in [1.807, 2.05) is 0 Å². The number of rotatable bonds is 13. The lowest BCUT2D eigenvalue weighted by atomic mass is 10.1. The number of hydrogen-bond donors (Lipinski definition) is 0. The topological polar surface area (TPSA) is 18.5 Å². The summed E-state index contributed by atoms with van der Waals surface area (Å²) in [7, 11) is 0. The Morgan fingerprint density at radius 3 is 1.62 bits per heavy atom. The molecule has 0 saturated carbocycles. The van der Waals surface area contributed by atoms with E-state index in [1.54, 1.807) is 0 Å². The van der Waals surface area contributed by atoms with Gasteiger partial charge in [0.25, 0.3) is 0 Å². The first-order chi connectivity index (χ1) is 7.91. The van der Waals surface area contributed by atoms with Gasteiger partial charge in [-0.25, -0.2) is 0 Å². The molecule has 0 amide bonds. The van der Waals surface area contributed by atoms with E-state index >= 15 is 0 Å². The van der Waals surface area contributed by atoms with Gasteiger partial charge in [-0.05, 0) is 26.2 Å². The third kappa shape index (κ3) is 13.9. The minimum Gasteiger partial charge on any atom is -0.382 e. The van der Waals surface area contributed by atoms with Crippen molar-refractivity contribution in [1.82, 2.24) is 0 Å². The van der Waals surface area contributed by atoms with Crippen molar-refractivity contribution in [2.75, 3.05) is 26.4 Å². The molecule has 2 heteroatoms. The summed E-state index contributed by atoms with van der Waals surface area (Å²) in [4.78, 5) is 0. The molecule has 0 spiro atoms. The van der Waals surface area contributed by atoms with Crippen LogP contribution in [0.3, 0.4) is 0 Å². The molecule has 0 rings (SSSR count). The molecule has 98 valence electrons. The van der Waals surface area contributed by atoms with Crippen molar-refractivity contribution in [2.45, 2.75) is 65.2 Å². The van der Waals surface area contributed by atoms with E-state index in [2.05, 4.69) is 13.8 Å². The molecule has 2 nitrogen and oxygen atoms in total. The Balaban J connectivity index is 2.83. The van der Waals surface area contributed by atoms with Gasteiger partial charge in [-0.1, -0.05) is 39.0 Å². The van der Waals surface area contributed by atoms with Crippen LogP contribution in [0.2, 0.25) is 0 Å². The fraction of sp³-hybridized carbons (Fsp3) is 1.00. The van der Waals surface area contributed by atoms with E-state index in [4.69, 9.17) is 9.47 Å². The molecule has 0 aromatic heterocycles. The van der Waals surface area contributed by atoms with Gasteiger partial charge < -0.3 is 9.47 Å². The number of ether oxygens (including phenoxy) is 2. The molecule has 0 unspecified atom stereocenters. The van der Waals surface area contributed by atoms with Crippen LogP contribution in [0.25, 0.3) is 0 Å². The van der Waals surface area contributed by atoms with E-state index in [0.29, 0.717) is 0 Å². The second-order valence-electron chi connectivity index (χ2n) is 4.28. The predicted molar refractivity (Wildman–Crippen MR) is 69.9 cm³/mol. The average Bonchev–Trinajstić information content (AvgIpc) is 2.31. The molecule has 0 aromatic rings. The molecular weight excluding hydrogens is 200 g/mol. The van der Waals surface area contributed by atoms with Crippen LogP contribution >= 0.6 is 0 Å². The highest BCUT2D eigenvalue weighted by Gasteiger charge is 1.92. The van der Waals surface area contributed by atoms with Crippen molar-refractivity contribution in [3.63, 3.8) is 0 Å². The summed E-state index contributed by atoms with van der Waals surface area (Å²) in [5, 5.41) is 0. The summed E-state index contributed by atoms with van der Waals surface area (Å²) in [6, 6.07) is 0. The molecule has 0 aromatic carbocycles. The fourth-order valence-corrected chi connectivity index (χ4v) is 1.61. The van der Waals surface area contributed by atoms with Gasteiger partial charge in [-0.2, -0.15) is 0 Å². The zero-order valence-corrected chi connectivity index (χ0v) is 11.3. The lowest BCUT2D eigenvalue weighted by Crippen LogP contribution is -1.96. The Morgan fingerprint density at radius 2 is 1.06 bits per heavy atom. The third-order valence-electron chi connectivity index (χ3n) is 2.67. The van der Waals surface area contributed by atoms with Crippen molar-refractivity contribution in [3.05, 3.63) is 0 Å². The monoisotopic (exact) mass is 230 g/mol. The van der Waals surface area contributed by atoms with E-state index < -0.39 is 0 Å². The van der Waals surface area contributed by atoms with Gasteiger partial charge in [0.15, 0.2) is 0 Å². The zero-order chi connectivity index (χ0) is 11.9. The fourth-order valence-electron chi connectivity index (χ4n) is 1.61. The van der Waals surface area contributed by atoms with Crippen LogP contribution in [-0.4, -0.2) is 26.4 Å². The zero-order valence-electron chi connectivity index (χ0n) is 11.3. The highest BCUT2D eigenvalue weighted by Crippen LogP contribution is 2.05. The highest BCUT2D eigenvalue weighted by atomic mass is 16.5. The minimum atomic E-state index is 0.856. The lowest BCUT2D eigenvalue weighted by molar-refractivity contribution is 0.126. The van der Waals surface area contributed by atoms with Crippen molar-refractivity contribution >= 4 is 0 Å². The molecule has 0 bridgehead atoms. The Hall–Kier alpha value is -0.0800. The Morgan fingerprint density at radius 1 is 0.562 bits per heavy atom. The smallest absolute Gasteiger partial charge is 0.0466 e. The standard InChI is InChI=1S/C14H30O2/c1-3-5-12-16-14-11-9-7-6-8-10-13-15-4-2/h3-14H2,1-2H3. The maximum atomic E-state index is 5.51. The maximum absolute atomic E-state index is 5.51. The molecule has 0 atom stereocenters.